The van der Waals surface area contributed by atoms with Gasteiger partial charge < -0.3 is 5.73 Å². The molecule has 0 aromatic heterocycles. The average molecular weight is 267 g/mol. The van der Waals surface area contributed by atoms with E-state index in [9.17, 15) is 0 Å². The Kier molecular flexibility index (Phi) is 5.27. The highest BCUT2D eigenvalue weighted by Crippen LogP contribution is 2.25. The molecule has 2 heterocycles. The number of hydrogen-bond acceptors (Lipinski definition) is 3. The van der Waals surface area contributed by atoms with E-state index in [2.05, 4.69) is 30.6 Å². The first-order valence-electron chi connectivity index (χ1n) is 8.20. The van der Waals surface area contributed by atoms with Gasteiger partial charge in [0.15, 0.2) is 0 Å². The minimum atomic E-state index is 0.315. The fraction of sp³-hybridized carbons (Fsp3) is 1.00. The van der Waals surface area contributed by atoms with Gasteiger partial charge in [0.1, 0.15) is 0 Å². The summed E-state index contributed by atoms with van der Waals surface area (Å²) in [5.41, 5.74) is 6.14. The Hall–Kier alpha value is -0.120. The zero-order valence-electron chi connectivity index (χ0n) is 13.2. The molecule has 2 aliphatic heterocycles. The first-order chi connectivity index (χ1) is 9.02. The van der Waals surface area contributed by atoms with E-state index in [0.717, 1.165) is 18.6 Å². The van der Waals surface area contributed by atoms with Crippen molar-refractivity contribution in [2.75, 3.05) is 32.7 Å². The lowest BCUT2D eigenvalue weighted by atomic mass is 9.88. The third kappa shape index (κ3) is 4.17. The second-order valence-corrected chi connectivity index (χ2v) is 7.46. The molecule has 0 amide bonds. The number of piperidine rings is 1. The summed E-state index contributed by atoms with van der Waals surface area (Å²) >= 11 is 0. The van der Waals surface area contributed by atoms with Crippen LogP contribution in [0.15, 0.2) is 0 Å². The highest BCUT2D eigenvalue weighted by atomic mass is 15.3. The quantitative estimate of drug-likeness (QED) is 0.829. The van der Waals surface area contributed by atoms with E-state index in [1.807, 2.05) is 0 Å². The van der Waals surface area contributed by atoms with Crippen LogP contribution in [0, 0.1) is 5.41 Å². The van der Waals surface area contributed by atoms with Gasteiger partial charge in [-0.2, -0.15) is 0 Å². The van der Waals surface area contributed by atoms with E-state index >= 15 is 0 Å². The zero-order valence-corrected chi connectivity index (χ0v) is 13.2. The van der Waals surface area contributed by atoms with Crippen molar-refractivity contribution < 1.29 is 0 Å². The van der Waals surface area contributed by atoms with E-state index in [1.54, 1.807) is 0 Å². The van der Waals surface area contributed by atoms with Crippen LogP contribution in [0.1, 0.15) is 52.9 Å². The molecule has 0 saturated carbocycles. The molecule has 0 radical (unpaired) electrons. The van der Waals surface area contributed by atoms with Gasteiger partial charge in [-0.15, -0.1) is 0 Å². The van der Waals surface area contributed by atoms with Gasteiger partial charge in [-0.05, 0) is 57.7 Å². The molecule has 0 aromatic rings. The summed E-state index contributed by atoms with van der Waals surface area (Å²) in [5.74, 6) is 0. The lowest BCUT2D eigenvalue weighted by molar-refractivity contribution is 0.0135. The second-order valence-electron chi connectivity index (χ2n) is 7.46. The zero-order chi connectivity index (χ0) is 13.9. The van der Waals surface area contributed by atoms with Crippen LogP contribution in [-0.4, -0.2) is 54.6 Å². The molecular formula is C16H33N3. The molecule has 2 unspecified atom stereocenters. The van der Waals surface area contributed by atoms with E-state index in [1.165, 1.54) is 58.3 Å². The summed E-state index contributed by atoms with van der Waals surface area (Å²) in [5, 5.41) is 0. The second kappa shape index (κ2) is 6.55. The lowest BCUT2D eigenvalue weighted by Gasteiger charge is -2.47. The van der Waals surface area contributed by atoms with Crippen LogP contribution in [0.3, 0.4) is 0 Å². The van der Waals surface area contributed by atoms with Gasteiger partial charge in [0.2, 0.25) is 0 Å². The molecule has 2 N–H and O–H groups in total. The largest absolute Gasteiger partial charge is 0.330 e. The molecule has 2 saturated heterocycles. The molecular weight excluding hydrogens is 234 g/mol. The fourth-order valence-corrected chi connectivity index (χ4v) is 3.59. The predicted molar refractivity (Wildman–Crippen MR) is 82.3 cm³/mol. The Morgan fingerprint density at radius 2 is 2.00 bits per heavy atom. The van der Waals surface area contributed by atoms with Crippen molar-refractivity contribution >= 4 is 0 Å². The molecule has 2 fully saturated rings. The number of fused-ring (bicyclic) bond motifs is 1. The molecule has 2 rings (SSSR count). The summed E-state index contributed by atoms with van der Waals surface area (Å²) < 4.78 is 0. The molecule has 112 valence electrons. The van der Waals surface area contributed by atoms with Crippen LogP contribution in [0.25, 0.3) is 0 Å². The molecule has 2 aliphatic rings. The van der Waals surface area contributed by atoms with Gasteiger partial charge in [0.25, 0.3) is 0 Å². The summed E-state index contributed by atoms with van der Waals surface area (Å²) in [6, 6.07) is 1.57. The summed E-state index contributed by atoms with van der Waals surface area (Å²) in [6.45, 7) is 13.0. The van der Waals surface area contributed by atoms with Gasteiger partial charge in [-0.3, -0.25) is 9.80 Å². The average Bonchev–Trinajstić information content (AvgIpc) is 2.39. The van der Waals surface area contributed by atoms with Crippen LogP contribution >= 0.6 is 0 Å². The Morgan fingerprint density at radius 1 is 1.21 bits per heavy atom. The standard InChI is InChI=1S/C16H33N3/c1-14-11-19-9-5-4-7-15(19)12-18(14)10-6-8-16(2,3)13-17/h14-15H,4-13,17H2,1-3H3. The number of nitrogens with two attached hydrogens (primary N) is 1. The monoisotopic (exact) mass is 267 g/mol. The maximum absolute atomic E-state index is 5.82. The molecule has 3 nitrogen and oxygen atoms in total. The van der Waals surface area contributed by atoms with Gasteiger partial charge >= 0.3 is 0 Å². The van der Waals surface area contributed by atoms with E-state index in [-0.39, 0.29) is 0 Å². The Morgan fingerprint density at radius 3 is 2.74 bits per heavy atom. The topological polar surface area (TPSA) is 32.5 Å². The Balaban J connectivity index is 1.77. The lowest BCUT2D eigenvalue weighted by Crippen LogP contribution is -2.58. The number of nitrogens with zero attached hydrogens (tertiary/aromatic N) is 2. The van der Waals surface area contributed by atoms with Crippen LogP contribution in [0.5, 0.6) is 0 Å². The van der Waals surface area contributed by atoms with Crippen molar-refractivity contribution in [3.63, 3.8) is 0 Å². The first-order valence-corrected chi connectivity index (χ1v) is 8.20. The van der Waals surface area contributed by atoms with Crippen LogP contribution in [0.2, 0.25) is 0 Å². The Bertz CT molecular complexity index is 277. The van der Waals surface area contributed by atoms with Crippen LogP contribution < -0.4 is 5.73 Å². The summed E-state index contributed by atoms with van der Waals surface area (Å²) in [4.78, 5) is 5.45. The van der Waals surface area contributed by atoms with E-state index < -0.39 is 0 Å². The van der Waals surface area contributed by atoms with Crippen molar-refractivity contribution in [2.45, 2.75) is 65.0 Å². The third-order valence-corrected chi connectivity index (χ3v) is 5.17. The molecule has 19 heavy (non-hydrogen) atoms. The van der Waals surface area contributed by atoms with Gasteiger partial charge in [0.05, 0.1) is 0 Å². The first kappa shape index (κ1) is 15.3. The summed E-state index contributed by atoms with van der Waals surface area (Å²) in [6.07, 6.45) is 6.80. The highest BCUT2D eigenvalue weighted by Gasteiger charge is 2.32. The SMILES string of the molecule is CC1CN2CCCCC2CN1CCCC(C)(C)CN. The van der Waals surface area contributed by atoms with Crippen molar-refractivity contribution in [2.24, 2.45) is 11.1 Å². The Labute approximate surface area is 119 Å². The maximum atomic E-state index is 5.82. The molecule has 0 bridgehead atoms. The molecule has 0 aromatic carbocycles. The fourth-order valence-electron chi connectivity index (χ4n) is 3.59. The van der Waals surface area contributed by atoms with Gasteiger partial charge in [-0.1, -0.05) is 20.3 Å². The van der Waals surface area contributed by atoms with Crippen LogP contribution in [-0.2, 0) is 0 Å². The van der Waals surface area contributed by atoms with E-state index in [0.29, 0.717) is 5.41 Å². The van der Waals surface area contributed by atoms with Gasteiger partial charge in [-0.25, -0.2) is 0 Å². The number of piperazine rings is 1. The van der Waals surface area contributed by atoms with Crippen molar-refractivity contribution in [3.05, 3.63) is 0 Å². The molecule has 2 atom stereocenters. The van der Waals surface area contributed by atoms with E-state index in [4.69, 9.17) is 5.73 Å². The third-order valence-electron chi connectivity index (χ3n) is 5.17. The van der Waals surface area contributed by atoms with Crippen molar-refractivity contribution in [1.82, 2.24) is 9.80 Å². The van der Waals surface area contributed by atoms with Crippen LogP contribution in [0.4, 0.5) is 0 Å². The number of rotatable bonds is 5. The highest BCUT2D eigenvalue weighted by molar-refractivity contribution is 4.89. The summed E-state index contributed by atoms with van der Waals surface area (Å²) in [7, 11) is 0. The number of hydrogen-bond donors (Lipinski definition) is 1. The smallest absolute Gasteiger partial charge is 0.0223 e. The molecule has 3 heteroatoms. The minimum Gasteiger partial charge on any atom is -0.330 e. The minimum absolute atomic E-state index is 0.315. The molecule has 0 spiro atoms. The van der Waals surface area contributed by atoms with Gasteiger partial charge in [0, 0.05) is 25.2 Å². The normalized spacial score (nSPS) is 30.3. The molecule has 0 aliphatic carbocycles. The predicted octanol–water partition coefficient (Wildman–Crippen LogP) is 2.31. The van der Waals surface area contributed by atoms with Crippen molar-refractivity contribution in [3.8, 4) is 0 Å². The van der Waals surface area contributed by atoms with Crippen molar-refractivity contribution in [1.29, 1.82) is 0 Å². The maximum Gasteiger partial charge on any atom is 0.0223 e.